The van der Waals surface area contributed by atoms with Crippen LogP contribution in [0, 0.1) is 0 Å². The van der Waals surface area contributed by atoms with Gasteiger partial charge in [0.2, 0.25) is 0 Å². The maximum atomic E-state index is 12.8. The molecular formula is C53H92NO7+. The van der Waals surface area contributed by atoms with Crippen LogP contribution in [-0.4, -0.2) is 80.6 Å². The van der Waals surface area contributed by atoms with Crippen LogP contribution in [-0.2, 0) is 28.6 Å². The van der Waals surface area contributed by atoms with Crippen molar-refractivity contribution in [3.8, 4) is 0 Å². The third kappa shape index (κ3) is 41.9. The average molecular weight is 855 g/mol. The highest BCUT2D eigenvalue weighted by Crippen LogP contribution is 2.14. The van der Waals surface area contributed by atoms with Crippen LogP contribution < -0.4 is 0 Å². The molecule has 0 radical (unpaired) electrons. The summed E-state index contributed by atoms with van der Waals surface area (Å²) >= 11 is 0. The zero-order valence-corrected chi connectivity index (χ0v) is 39.8. The molecule has 8 nitrogen and oxygen atoms in total. The fourth-order valence-electron chi connectivity index (χ4n) is 6.82. The highest BCUT2D eigenvalue weighted by molar-refractivity contribution is 5.72. The van der Waals surface area contributed by atoms with E-state index in [1.54, 1.807) is 0 Å². The standard InChI is InChI=1S/C53H91NO7/c1-6-8-10-12-14-16-18-20-22-24-26-28-30-32-34-36-38-40-42-44-52(56)61-49(47-59-46-45-50(53(57)58)54(3,4)5)48-60-51(55)43-41-39-37-35-33-31-29-27-25-23-21-19-17-15-13-11-9-7-2/h8,10,14,16-17,19-20,22-23,25-26,28,49-50H,6-7,9,11-13,15,18,21,24,27,29-48H2,1-5H3/p+1/b10-8-,16-14-,19-17-,22-20-,25-23-,28-26-. The number of ether oxygens (including phenoxy) is 3. The number of carbonyl (C=O) groups excluding carboxylic acids is 2. The van der Waals surface area contributed by atoms with Gasteiger partial charge in [-0.05, 0) is 83.5 Å². The summed E-state index contributed by atoms with van der Waals surface area (Å²) in [5.74, 6) is -1.50. The highest BCUT2D eigenvalue weighted by Gasteiger charge is 2.31. The van der Waals surface area contributed by atoms with Gasteiger partial charge >= 0.3 is 17.9 Å². The van der Waals surface area contributed by atoms with E-state index in [0.717, 1.165) is 89.9 Å². The second-order valence-electron chi connectivity index (χ2n) is 17.3. The zero-order valence-electron chi connectivity index (χ0n) is 39.8. The SMILES string of the molecule is CC/C=C\C/C=C\C/C=C\C/C=C\CCCCCCCCC(=O)OC(COCCC(C(=O)O)[N+](C)(C)C)COC(=O)CCCCCCCCC/C=C\C/C=C\CCCCCC. The first-order valence-corrected chi connectivity index (χ1v) is 24.5. The predicted octanol–water partition coefficient (Wildman–Crippen LogP) is 13.9. The Bertz CT molecular complexity index is 1230. The Morgan fingerprint density at radius 1 is 0.508 bits per heavy atom. The van der Waals surface area contributed by atoms with E-state index in [1.807, 2.05) is 21.1 Å². The molecule has 0 aliphatic heterocycles. The lowest BCUT2D eigenvalue weighted by Gasteiger charge is -2.31. The number of carboxylic acid groups (broad SMARTS) is 1. The van der Waals surface area contributed by atoms with Crippen LogP contribution in [0.5, 0.6) is 0 Å². The number of likely N-dealkylation sites (N-methyl/N-ethyl adjacent to an activating group) is 1. The van der Waals surface area contributed by atoms with Crippen molar-refractivity contribution >= 4 is 17.9 Å². The summed E-state index contributed by atoms with van der Waals surface area (Å²) in [5.41, 5.74) is 0. The maximum absolute atomic E-state index is 12.8. The van der Waals surface area contributed by atoms with Gasteiger partial charge in [0.15, 0.2) is 12.1 Å². The number of unbranched alkanes of at least 4 members (excludes halogenated alkanes) is 17. The van der Waals surface area contributed by atoms with Crippen LogP contribution in [0.25, 0.3) is 0 Å². The van der Waals surface area contributed by atoms with Gasteiger partial charge in [-0.3, -0.25) is 9.59 Å². The second-order valence-corrected chi connectivity index (χ2v) is 17.3. The Morgan fingerprint density at radius 3 is 1.36 bits per heavy atom. The lowest BCUT2D eigenvalue weighted by Crippen LogP contribution is -2.50. The molecule has 0 aliphatic rings. The Kier molecular flexibility index (Phi) is 41.1. The fraction of sp³-hybridized carbons (Fsp3) is 0.717. The van der Waals surface area contributed by atoms with Gasteiger partial charge in [0.25, 0.3) is 0 Å². The van der Waals surface area contributed by atoms with Gasteiger partial charge in [-0.2, -0.15) is 0 Å². The molecule has 0 fully saturated rings. The first kappa shape index (κ1) is 57.8. The molecule has 61 heavy (non-hydrogen) atoms. The Morgan fingerprint density at radius 2 is 0.918 bits per heavy atom. The largest absolute Gasteiger partial charge is 0.477 e. The smallest absolute Gasteiger partial charge is 0.362 e. The van der Waals surface area contributed by atoms with E-state index in [9.17, 15) is 19.5 Å². The summed E-state index contributed by atoms with van der Waals surface area (Å²) in [6.45, 7) is 4.58. The molecule has 1 N–H and O–H groups in total. The molecule has 8 heteroatoms. The van der Waals surface area contributed by atoms with E-state index >= 15 is 0 Å². The number of hydrogen-bond donors (Lipinski definition) is 1. The van der Waals surface area contributed by atoms with Crippen molar-refractivity contribution in [3.05, 3.63) is 72.9 Å². The third-order valence-corrected chi connectivity index (χ3v) is 10.6. The second kappa shape index (κ2) is 43.4. The van der Waals surface area contributed by atoms with Crippen molar-refractivity contribution in [2.24, 2.45) is 0 Å². The van der Waals surface area contributed by atoms with Crippen molar-refractivity contribution in [3.63, 3.8) is 0 Å². The van der Waals surface area contributed by atoms with Gasteiger partial charge < -0.3 is 23.8 Å². The molecule has 0 aliphatic carbocycles. The summed E-state index contributed by atoms with van der Waals surface area (Å²) in [4.78, 5) is 37.1. The molecular weight excluding hydrogens is 763 g/mol. The molecule has 2 unspecified atom stereocenters. The lowest BCUT2D eigenvalue weighted by atomic mass is 10.1. The van der Waals surface area contributed by atoms with Crippen LogP contribution in [0.2, 0.25) is 0 Å². The number of nitrogens with zero attached hydrogens (tertiary/aromatic N) is 1. The van der Waals surface area contributed by atoms with Gasteiger partial charge in [-0.1, -0.05) is 164 Å². The van der Waals surface area contributed by atoms with E-state index in [-0.39, 0.29) is 36.2 Å². The highest BCUT2D eigenvalue weighted by atomic mass is 16.6. The summed E-state index contributed by atoms with van der Waals surface area (Å²) < 4.78 is 17.3. The van der Waals surface area contributed by atoms with Crippen LogP contribution in [0.4, 0.5) is 0 Å². The molecule has 0 heterocycles. The van der Waals surface area contributed by atoms with Gasteiger partial charge in [-0.25, -0.2) is 4.79 Å². The minimum absolute atomic E-state index is 0.0494. The summed E-state index contributed by atoms with van der Waals surface area (Å²) in [6, 6.07) is -0.622. The molecule has 0 bridgehead atoms. The van der Waals surface area contributed by atoms with Crippen molar-refractivity contribution in [2.75, 3.05) is 41.0 Å². The minimum atomic E-state index is -0.881. The molecule has 2 atom stereocenters. The van der Waals surface area contributed by atoms with E-state index in [2.05, 4.69) is 86.8 Å². The van der Waals surface area contributed by atoms with Gasteiger partial charge in [0, 0.05) is 19.3 Å². The third-order valence-electron chi connectivity index (χ3n) is 10.6. The summed E-state index contributed by atoms with van der Waals surface area (Å²) in [6.07, 6.45) is 55.1. The van der Waals surface area contributed by atoms with E-state index < -0.39 is 18.1 Å². The van der Waals surface area contributed by atoms with Crippen LogP contribution in [0.3, 0.4) is 0 Å². The summed E-state index contributed by atoms with van der Waals surface area (Å²) in [5, 5.41) is 9.64. The van der Waals surface area contributed by atoms with Crippen molar-refractivity contribution in [2.45, 2.75) is 206 Å². The molecule has 0 aromatic carbocycles. The van der Waals surface area contributed by atoms with E-state index in [1.165, 1.54) is 70.6 Å². The molecule has 0 aromatic rings. The van der Waals surface area contributed by atoms with Gasteiger partial charge in [-0.15, -0.1) is 0 Å². The molecule has 0 amide bonds. The predicted molar refractivity (Wildman–Crippen MR) is 257 cm³/mol. The minimum Gasteiger partial charge on any atom is -0.477 e. The fourth-order valence-corrected chi connectivity index (χ4v) is 6.82. The lowest BCUT2D eigenvalue weighted by molar-refractivity contribution is -0.887. The van der Waals surface area contributed by atoms with Crippen molar-refractivity contribution in [1.29, 1.82) is 0 Å². The first-order chi connectivity index (χ1) is 29.6. The number of esters is 2. The van der Waals surface area contributed by atoms with Crippen LogP contribution in [0.1, 0.15) is 194 Å². The molecule has 0 saturated heterocycles. The Hall–Kier alpha value is -3.23. The maximum Gasteiger partial charge on any atom is 0.362 e. The van der Waals surface area contributed by atoms with Gasteiger partial charge in [0.1, 0.15) is 6.61 Å². The molecule has 0 aromatic heterocycles. The number of hydrogen-bond acceptors (Lipinski definition) is 6. The Balaban J connectivity index is 4.33. The summed E-state index contributed by atoms with van der Waals surface area (Å²) in [7, 11) is 5.52. The number of rotatable bonds is 43. The van der Waals surface area contributed by atoms with E-state index in [0.29, 0.717) is 19.3 Å². The van der Waals surface area contributed by atoms with Crippen LogP contribution >= 0.6 is 0 Å². The first-order valence-electron chi connectivity index (χ1n) is 24.5. The van der Waals surface area contributed by atoms with Crippen molar-refractivity contribution in [1.82, 2.24) is 0 Å². The number of carboxylic acids is 1. The molecule has 0 spiro atoms. The number of allylic oxidation sites excluding steroid dienone is 12. The zero-order chi connectivity index (χ0) is 44.9. The number of aliphatic carboxylic acids is 1. The average Bonchev–Trinajstić information content (AvgIpc) is 3.22. The Labute approximate surface area is 374 Å². The molecule has 350 valence electrons. The number of carbonyl (C=O) groups is 3. The van der Waals surface area contributed by atoms with E-state index in [4.69, 9.17) is 14.2 Å². The van der Waals surface area contributed by atoms with Crippen LogP contribution in [0.15, 0.2) is 72.9 Å². The topological polar surface area (TPSA) is 99.1 Å². The number of quaternary nitrogens is 1. The normalized spacial score (nSPS) is 13.5. The van der Waals surface area contributed by atoms with Gasteiger partial charge in [0.05, 0.1) is 34.4 Å². The monoisotopic (exact) mass is 855 g/mol. The molecule has 0 rings (SSSR count). The van der Waals surface area contributed by atoms with Crippen molar-refractivity contribution < 1.29 is 38.2 Å². The molecule has 0 saturated carbocycles. The quantitative estimate of drug-likeness (QED) is 0.0282.